The summed E-state index contributed by atoms with van der Waals surface area (Å²) in [5.41, 5.74) is 2.10. The fourth-order valence-corrected chi connectivity index (χ4v) is 4.48. The molecule has 1 aromatic carbocycles. The lowest BCUT2D eigenvalue weighted by atomic mass is 10.1. The fourth-order valence-electron chi connectivity index (χ4n) is 3.18. The van der Waals surface area contributed by atoms with E-state index in [0.29, 0.717) is 35.7 Å². The third-order valence-electron chi connectivity index (χ3n) is 4.54. The van der Waals surface area contributed by atoms with Crippen molar-refractivity contribution >= 4 is 16.2 Å². The highest BCUT2D eigenvalue weighted by atomic mass is 32.2. The predicted molar refractivity (Wildman–Crippen MR) is 100 cm³/mol. The molecule has 3 rings (SSSR count). The van der Waals surface area contributed by atoms with E-state index in [9.17, 15) is 18.3 Å². The molecule has 144 valence electrons. The number of carbonyl (C=O) groups is 1. The minimum Gasteiger partial charge on any atom is -0.478 e. The minimum absolute atomic E-state index is 0.169. The van der Waals surface area contributed by atoms with E-state index in [1.807, 2.05) is 6.92 Å². The molecule has 1 aliphatic heterocycles. The molecule has 0 radical (unpaired) electrons. The second-order valence-corrected chi connectivity index (χ2v) is 8.79. The maximum atomic E-state index is 12.6. The number of hydrogen-bond acceptors (Lipinski definition) is 5. The van der Waals surface area contributed by atoms with Gasteiger partial charge >= 0.3 is 5.97 Å². The Labute approximate surface area is 158 Å². The predicted octanol–water partition coefficient (Wildman–Crippen LogP) is 2.09. The Bertz CT molecular complexity index is 975. The summed E-state index contributed by atoms with van der Waals surface area (Å²) in [6.07, 6.45) is 1.38. The van der Waals surface area contributed by atoms with Gasteiger partial charge in [0, 0.05) is 31.9 Å². The molecule has 1 aliphatic rings. The number of aryl methyl sites for hydroxylation is 1. The summed E-state index contributed by atoms with van der Waals surface area (Å²) in [5.74, 6) is -0.574. The summed E-state index contributed by atoms with van der Waals surface area (Å²) < 4.78 is 27.8. The van der Waals surface area contributed by atoms with Crippen molar-refractivity contribution in [1.82, 2.24) is 18.6 Å². The van der Waals surface area contributed by atoms with Crippen LogP contribution in [0.3, 0.4) is 0 Å². The van der Waals surface area contributed by atoms with Crippen molar-refractivity contribution in [2.24, 2.45) is 0 Å². The van der Waals surface area contributed by atoms with Gasteiger partial charge in [0.05, 0.1) is 17.3 Å². The lowest BCUT2D eigenvalue weighted by Crippen LogP contribution is -2.40. The van der Waals surface area contributed by atoms with Crippen LogP contribution in [0, 0.1) is 6.92 Å². The van der Waals surface area contributed by atoms with Crippen molar-refractivity contribution in [1.29, 1.82) is 0 Å². The summed E-state index contributed by atoms with van der Waals surface area (Å²) in [4.78, 5) is 20.3. The molecular weight excluding hydrogens is 368 g/mol. The van der Waals surface area contributed by atoms with Gasteiger partial charge in [-0.15, -0.1) is 0 Å². The van der Waals surface area contributed by atoms with Gasteiger partial charge in [-0.3, -0.25) is 0 Å². The van der Waals surface area contributed by atoms with E-state index in [-0.39, 0.29) is 5.56 Å². The molecule has 1 atom stereocenters. The maximum Gasteiger partial charge on any atom is 0.335 e. The highest BCUT2D eigenvalue weighted by Gasteiger charge is 2.38. The third-order valence-corrected chi connectivity index (χ3v) is 6.49. The molecule has 1 unspecified atom stereocenters. The van der Waals surface area contributed by atoms with Gasteiger partial charge in [-0.1, -0.05) is 12.1 Å². The number of hydrogen-bond donors (Lipinski definition) is 1. The van der Waals surface area contributed by atoms with Crippen LogP contribution in [-0.2, 0) is 10.2 Å². The molecule has 1 N–H and O–H groups in total. The van der Waals surface area contributed by atoms with Gasteiger partial charge in [0.1, 0.15) is 5.82 Å². The minimum atomic E-state index is -3.57. The molecule has 0 saturated carbocycles. The quantitative estimate of drug-likeness (QED) is 0.838. The van der Waals surface area contributed by atoms with Crippen LogP contribution in [-0.4, -0.2) is 58.7 Å². The number of aromatic carboxylic acids is 1. The highest BCUT2D eigenvalue weighted by molar-refractivity contribution is 7.86. The van der Waals surface area contributed by atoms with E-state index in [1.54, 1.807) is 24.3 Å². The van der Waals surface area contributed by atoms with Gasteiger partial charge in [-0.2, -0.15) is 17.0 Å². The summed E-state index contributed by atoms with van der Waals surface area (Å²) in [6.45, 7) is 2.24. The number of aromatic nitrogens is 2. The zero-order chi connectivity index (χ0) is 19.8. The van der Waals surface area contributed by atoms with Crippen LogP contribution in [0.4, 0.5) is 0 Å². The Kier molecular flexibility index (Phi) is 5.27. The van der Waals surface area contributed by atoms with Crippen LogP contribution < -0.4 is 0 Å². The molecule has 0 amide bonds. The first-order valence-electron chi connectivity index (χ1n) is 8.59. The number of benzene rings is 1. The van der Waals surface area contributed by atoms with Crippen LogP contribution in [0.5, 0.6) is 0 Å². The van der Waals surface area contributed by atoms with Crippen LogP contribution in [0.15, 0.2) is 30.3 Å². The molecule has 2 heterocycles. The molecule has 0 bridgehead atoms. The molecule has 0 spiro atoms. The Morgan fingerprint density at radius 3 is 2.67 bits per heavy atom. The molecule has 1 fully saturated rings. The van der Waals surface area contributed by atoms with Crippen molar-refractivity contribution in [2.45, 2.75) is 25.8 Å². The Morgan fingerprint density at radius 2 is 2.00 bits per heavy atom. The van der Waals surface area contributed by atoms with Gasteiger partial charge in [0.2, 0.25) is 0 Å². The van der Waals surface area contributed by atoms with Gasteiger partial charge < -0.3 is 5.11 Å². The first-order chi connectivity index (χ1) is 12.7. The number of carboxylic acids is 1. The monoisotopic (exact) mass is 390 g/mol. The zero-order valence-electron chi connectivity index (χ0n) is 15.5. The Balaban J connectivity index is 2.03. The van der Waals surface area contributed by atoms with Gasteiger partial charge in [0.15, 0.2) is 0 Å². The third kappa shape index (κ3) is 3.85. The Morgan fingerprint density at radius 1 is 1.26 bits per heavy atom. The zero-order valence-corrected chi connectivity index (χ0v) is 16.3. The number of nitrogens with zero attached hydrogens (tertiary/aromatic N) is 4. The van der Waals surface area contributed by atoms with E-state index < -0.39 is 22.2 Å². The average molecular weight is 390 g/mol. The molecule has 27 heavy (non-hydrogen) atoms. The van der Waals surface area contributed by atoms with Gasteiger partial charge in [0.25, 0.3) is 10.2 Å². The van der Waals surface area contributed by atoms with E-state index in [1.165, 1.54) is 28.8 Å². The van der Waals surface area contributed by atoms with Crippen molar-refractivity contribution in [2.75, 3.05) is 20.6 Å². The smallest absolute Gasteiger partial charge is 0.335 e. The van der Waals surface area contributed by atoms with Crippen LogP contribution in [0.25, 0.3) is 11.3 Å². The molecular formula is C18H22N4O4S. The van der Waals surface area contributed by atoms with Crippen molar-refractivity contribution in [3.8, 4) is 11.3 Å². The van der Waals surface area contributed by atoms with E-state index in [4.69, 9.17) is 0 Å². The lowest BCUT2D eigenvalue weighted by Gasteiger charge is -2.26. The van der Waals surface area contributed by atoms with Crippen LogP contribution in [0.1, 0.15) is 40.8 Å². The second-order valence-electron chi connectivity index (χ2n) is 6.70. The van der Waals surface area contributed by atoms with Gasteiger partial charge in [-0.05, 0) is 38.0 Å². The van der Waals surface area contributed by atoms with Crippen molar-refractivity contribution < 1.29 is 18.3 Å². The largest absolute Gasteiger partial charge is 0.478 e. The van der Waals surface area contributed by atoms with E-state index in [2.05, 4.69) is 9.97 Å². The fraction of sp³-hybridized carbons (Fsp3) is 0.389. The van der Waals surface area contributed by atoms with Gasteiger partial charge in [-0.25, -0.2) is 14.8 Å². The standard InChI is InChI=1S/C18H22N4O4S/c1-12-10-15(13-6-4-7-14(11-13)18(23)24)20-17(19-12)16-8-5-9-22(16)27(25,26)21(2)3/h4,6-7,10-11,16H,5,8-9H2,1-3H3,(H,23,24). The van der Waals surface area contributed by atoms with E-state index >= 15 is 0 Å². The summed E-state index contributed by atoms with van der Waals surface area (Å²) in [6, 6.07) is 7.85. The molecule has 1 aromatic heterocycles. The van der Waals surface area contributed by atoms with Crippen LogP contribution in [0.2, 0.25) is 0 Å². The SMILES string of the molecule is Cc1cc(-c2cccc(C(=O)O)c2)nc(C2CCCN2S(=O)(=O)N(C)C)n1. The first kappa shape index (κ1) is 19.4. The van der Waals surface area contributed by atoms with E-state index in [0.717, 1.165) is 6.42 Å². The first-order valence-corrected chi connectivity index (χ1v) is 9.98. The summed E-state index contributed by atoms with van der Waals surface area (Å²) >= 11 is 0. The summed E-state index contributed by atoms with van der Waals surface area (Å²) in [5, 5.41) is 9.20. The van der Waals surface area contributed by atoms with Crippen molar-refractivity contribution in [3.63, 3.8) is 0 Å². The van der Waals surface area contributed by atoms with Crippen molar-refractivity contribution in [3.05, 3.63) is 47.4 Å². The highest BCUT2D eigenvalue weighted by Crippen LogP contribution is 2.34. The average Bonchev–Trinajstić information content (AvgIpc) is 3.11. The topological polar surface area (TPSA) is 104 Å². The Hall–Kier alpha value is -2.36. The normalized spacial score (nSPS) is 18.1. The number of carboxylic acid groups (broad SMARTS) is 1. The number of rotatable bonds is 5. The van der Waals surface area contributed by atoms with Crippen LogP contribution >= 0.6 is 0 Å². The second kappa shape index (κ2) is 7.34. The summed E-state index contributed by atoms with van der Waals surface area (Å²) in [7, 11) is -0.564. The molecule has 1 saturated heterocycles. The molecule has 2 aromatic rings. The molecule has 9 heteroatoms. The molecule has 8 nitrogen and oxygen atoms in total. The maximum absolute atomic E-state index is 12.6. The lowest BCUT2D eigenvalue weighted by molar-refractivity contribution is 0.0697. The molecule has 0 aliphatic carbocycles.